The summed E-state index contributed by atoms with van der Waals surface area (Å²) in [5, 5.41) is 0. The maximum Gasteiger partial charge on any atom is 0.260 e. The smallest absolute Gasteiger partial charge is 0.260 e. The summed E-state index contributed by atoms with van der Waals surface area (Å²) < 4.78 is 11.2. The van der Waals surface area contributed by atoms with E-state index in [1.165, 1.54) is 5.56 Å². The van der Waals surface area contributed by atoms with Gasteiger partial charge in [-0.3, -0.25) is 4.79 Å². The fourth-order valence-corrected chi connectivity index (χ4v) is 3.01. The van der Waals surface area contributed by atoms with E-state index in [1.807, 2.05) is 39.0 Å². The lowest BCUT2D eigenvalue weighted by molar-refractivity contribution is -0.132. The first kappa shape index (κ1) is 18.8. The molecule has 0 heterocycles. The van der Waals surface area contributed by atoms with Crippen molar-refractivity contribution < 1.29 is 14.3 Å². The number of likely N-dealkylation sites (N-methyl/N-ethyl adjacent to an activating group) is 1. The lowest BCUT2D eigenvalue weighted by Gasteiger charge is -2.20. The molecule has 2 aromatic rings. The monoisotopic (exact) mass is 341 g/mol. The molecule has 0 aliphatic carbocycles. The summed E-state index contributed by atoms with van der Waals surface area (Å²) in [6.07, 6.45) is 0. The van der Waals surface area contributed by atoms with Crippen molar-refractivity contribution in [1.82, 2.24) is 4.90 Å². The van der Waals surface area contributed by atoms with Crippen LogP contribution in [0.1, 0.15) is 27.8 Å². The van der Waals surface area contributed by atoms with Crippen LogP contribution in [0.25, 0.3) is 0 Å². The molecule has 4 nitrogen and oxygen atoms in total. The first-order valence-electron chi connectivity index (χ1n) is 8.40. The molecule has 0 radical (unpaired) electrons. The molecule has 4 heteroatoms. The highest BCUT2D eigenvalue weighted by Crippen LogP contribution is 2.25. The zero-order valence-corrected chi connectivity index (χ0v) is 16.0. The molecule has 134 valence electrons. The molecule has 0 saturated carbocycles. The molecule has 0 aliphatic heterocycles. The molecule has 0 unspecified atom stereocenters. The van der Waals surface area contributed by atoms with Gasteiger partial charge in [0.1, 0.15) is 11.5 Å². The highest BCUT2D eigenvalue weighted by molar-refractivity contribution is 5.77. The Morgan fingerprint density at radius 1 is 1.00 bits per heavy atom. The first-order chi connectivity index (χ1) is 11.8. The first-order valence-corrected chi connectivity index (χ1v) is 8.40. The van der Waals surface area contributed by atoms with Gasteiger partial charge in [-0.2, -0.15) is 0 Å². The number of hydrogen-bond donors (Lipinski definition) is 0. The Morgan fingerprint density at radius 2 is 1.64 bits per heavy atom. The Bertz CT molecular complexity index is 745. The van der Waals surface area contributed by atoms with Gasteiger partial charge < -0.3 is 14.4 Å². The van der Waals surface area contributed by atoms with E-state index in [-0.39, 0.29) is 12.5 Å². The lowest BCUT2D eigenvalue weighted by atomic mass is 10.1. The average molecular weight is 341 g/mol. The summed E-state index contributed by atoms with van der Waals surface area (Å²) >= 11 is 0. The molecule has 25 heavy (non-hydrogen) atoms. The zero-order chi connectivity index (χ0) is 18.6. The SMILES string of the molecule is COc1ccc(C)cc1CN(C)C(=O)COc1c(C)cc(C)cc1C. The molecule has 0 fully saturated rings. The summed E-state index contributed by atoms with van der Waals surface area (Å²) in [5.74, 6) is 1.51. The van der Waals surface area contributed by atoms with Crippen LogP contribution in [-0.4, -0.2) is 31.6 Å². The molecule has 1 amide bonds. The summed E-state index contributed by atoms with van der Waals surface area (Å²) in [6, 6.07) is 10.1. The van der Waals surface area contributed by atoms with E-state index in [9.17, 15) is 4.79 Å². The Hall–Kier alpha value is -2.49. The Balaban J connectivity index is 2.03. The second kappa shape index (κ2) is 8.06. The van der Waals surface area contributed by atoms with Crippen molar-refractivity contribution in [3.8, 4) is 11.5 Å². The fourth-order valence-electron chi connectivity index (χ4n) is 3.01. The maximum atomic E-state index is 12.5. The number of rotatable bonds is 6. The highest BCUT2D eigenvalue weighted by atomic mass is 16.5. The normalized spacial score (nSPS) is 10.5. The van der Waals surface area contributed by atoms with Crippen molar-refractivity contribution in [2.45, 2.75) is 34.2 Å². The molecular weight excluding hydrogens is 314 g/mol. The van der Waals surface area contributed by atoms with Crippen LogP contribution >= 0.6 is 0 Å². The average Bonchev–Trinajstić information content (AvgIpc) is 2.53. The molecule has 0 bridgehead atoms. The van der Waals surface area contributed by atoms with Gasteiger partial charge in [-0.15, -0.1) is 0 Å². The molecule has 0 aliphatic rings. The maximum absolute atomic E-state index is 12.5. The van der Waals surface area contributed by atoms with Crippen molar-refractivity contribution in [2.24, 2.45) is 0 Å². The van der Waals surface area contributed by atoms with Gasteiger partial charge in [-0.1, -0.05) is 35.4 Å². The van der Waals surface area contributed by atoms with Gasteiger partial charge in [-0.05, 0) is 44.9 Å². The van der Waals surface area contributed by atoms with Gasteiger partial charge in [0.05, 0.1) is 7.11 Å². The lowest BCUT2D eigenvalue weighted by Crippen LogP contribution is -2.31. The molecule has 0 spiro atoms. The van der Waals surface area contributed by atoms with Crippen molar-refractivity contribution in [1.29, 1.82) is 0 Å². The predicted molar refractivity (Wildman–Crippen MR) is 100 cm³/mol. The molecular formula is C21H27NO3. The van der Waals surface area contributed by atoms with E-state index < -0.39 is 0 Å². The van der Waals surface area contributed by atoms with Crippen LogP contribution in [0, 0.1) is 27.7 Å². The molecule has 0 aromatic heterocycles. The van der Waals surface area contributed by atoms with E-state index >= 15 is 0 Å². The summed E-state index contributed by atoms with van der Waals surface area (Å²) in [5.41, 5.74) is 5.42. The van der Waals surface area contributed by atoms with E-state index in [0.717, 1.165) is 33.8 Å². The van der Waals surface area contributed by atoms with Gasteiger partial charge in [0, 0.05) is 19.2 Å². The standard InChI is InChI=1S/C21H27NO3/c1-14-7-8-19(24-6)18(11-14)12-22(5)20(23)13-25-21-16(3)9-15(2)10-17(21)4/h7-11H,12-13H2,1-6H3. The highest BCUT2D eigenvalue weighted by Gasteiger charge is 2.14. The number of ether oxygens (including phenoxy) is 2. The van der Waals surface area contributed by atoms with Crippen molar-refractivity contribution in [2.75, 3.05) is 20.8 Å². The second-order valence-corrected chi connectivity index (χ2v) is 6.58. The number of carbonyl (C=O) groups excluding carboxylic acids is 1. The van der Waals surface area contributed by atoms with Crippen LogP contribution in [0.5, 0.6) is 11.5 Å². The van der Waals surface area contributed by atoms with E-state index in [0.29, 0.717) is 6.54 Å². The van der Waals surface area contributed by atoms with Crippen LogP contribution < -0.4 is 9.47 Å². The fraction of sp³-hybridized carbons (Fsp3) is 0.381. The van der Waals surface area contributed by atoms with Gasteiger partial charge >= 0.3 is 0 Å². The van der Waals surface area contributed by atoms with Crippen LogP contribution in [0.3, 0.4) is 0 Å². The van der Waals surface area contributed by atoms with Crippen LogP contribution in [-0.2, 0) is 11.3 Å². The van der Waals surface area contributed by atoms with Crippen LogP contribution in [0.4, 0.5) is 0 Å². The van der Waals surface area contributed by atoms with Crippen molar-refractivity contribution in [3.63, 3.8) is 0 Å². The summed E-state index contributed by atoms with van der Waals surface area (Å²) in [4.78, 5) is 14.1. The van der Waals surface area contributed by atoms with Gasteiger partial charge in [0.25, 0.3) is 5.91 Å². The van der Waals surface area contributed by atoms with E-state index in [2.05, 4.69) is 19.1 Å². The number of nitrogens with zero attached hydrogens (tertiary/aromatic N) is 1. The minimum atomic E-state index is -0.0667. The number of methoxy groups -OCH3 is 1. The quantitative estimate of drug-likeness (QED) is 0.798. The van der Waals surface area contributed by atoms with Crippen LogP contribution in [0.15, 0.2) is 30.3 Å². The number of hydrogen-bond acceptors (Lipinski definition) is 3. The molecule has 2 aromatic carbocycles. The molecule has 2 rings (SSSR count). The van der Waals surface area contributed by atoms with Gasteiger partial charge in [0.2, 0.25) is 0 Å². The zero-order valence-electron chi connectivity index (χ0n) is 16.0. The largest absolute Gasteiger partial charge is 0.496 e. The Labute approximate surface area is 150 Å². The number of carbonyl (C=O) groups is 1. The molecule has 0 N–H and O–H groups in total. The third-order valence-corrected chi connectivity index (χ3v) is 4.21. The number of benzene rings is 2. The molecule has 0 atom stereocenters. The van der Waals surface area contributed by atoms with E-state index in [4.69, 9.17) is 9.47 Å². The van der Waals surface area contributed by atoms with Gasteiger partial charge in [-0.25, -0.2) is 0 Å². The number of amides is 1. The molecule has 0 saturated heterocycles. The Morgan fingerprint density at radius 3 is 2.24 bits per heavy atom. The summed E-state index contributed by atoms with van der Waals surface area (Å²) in [6.45, 7) is 8.59. The Kier molecular flexibility index (Phi) is 6.07. The minimum Gasteiger partial charge on any atom is -0.496 e. The van der Waals surface area contributed by atoms with Crippen LogP contribution in [0.2, 0.25) is 0 Å². The summed E-state index contributed by atoms with van der Waals surface area (Å²) in [7, 11) is 3.42. The van der Waals surface area contributed by atoms with E-state index in [1.54, 1.807) is 19.1 Å². The van der Waals surface area contributed by atoms with Crippen molar-refractivity contribution >= 4 is 5.91 Å². The second-order valence-electron chi connectivity index (χ2n) is 6.58. The minimum absolute atomic E-state index is 0.0232. The topological polar surface area (TPSA) is 38.8 Å². The third kappa shape index (κ3) is 4.75. The number of aryl methyl sites for hydroxylation is 4. The third-order valence-electron chi connectivity index (χ3n) is 4.21. The van der Waals surface area contributed by atoms with Gasteiger partial charge in [0.15, 0.2) is 6.61 Å². The predicted octanol–water partition coefficient (Wildman–Crippen LogP) is 3.97. The van der Waals surface area contributed by atoms with Crippen molar-refractivity contribution in [3.05, 3.63) is 58.1 Å².